The van der Waals surface area contributed by atoms with E-state index in [0.29, 0.717) is 12.3 Å². The Morgan fingerprint density at radius 1 is 0.926 bits per heavy atom. The predicted octanol–water partition coefficient (Wildman–Crippen LogP) is 3.19. The van der Waals surface area contributed by atoms with Crippen LogP contribution in [0.1, 0.15) is 71.6 Å². The van der Waals surface area contributed by atoms with Crippen LogP contribution >= 0.6 is 0 Å². The van der Waals surface area contributed by atoms with E-state index in [1.54, 1.807) is 0 Å². The van der Waals surface area contributed by atoms with E-state index in [1.165, 1.54) is 32.1 Å². The molecule has 0 saturated heterocycles. The summed E-state index contributed by atoms with van der Waals surface area (Å²) in [5.74, 6) is -2.19. The van der Waals surface area contributed by atoms with Crippen LogP contribution in [0.5, 0.6) is 0 Å². The zero-order valence-electron chi connectivity index (χ0n) is 16.4. The molecular formula is C21H32N2O4. The van der Waals surface area contributed by atoms with Gasteiger partial charge in [-0.25, -0.2) is 0 Å². The second kappa shape index (κ2) is 8.44. The molecule has 0 aromatic heterocycles. The summed E-state index contributed by atoms with van der Waals surface area (Å²) >= 11 is 0. The third-order valence-corrected chi connectivity index (χ3v) is 6.84. The van der Waals surface area contributed by atoms with E-state index < -0.39 is 17.8 Å². The first-order chi connectivity index (χ1) is 12.9. The molecule has 0 radical (unpaired) electrons. The number of aliphatic carboxylic acids is 1. The van der Waals surface area contributed by atoms with Gasteiger partial charge in [0.2, 0.25) is 11.8 Å². The number of carbonyl (C=O) groups excluding carboxylic acids is 2. The molecule has 0 heterocycles. The van der Waals surface area contributed by atoms with Gasteiger partial charge in [0.15, 0.2) is 0 Å². The van der Waals surface area contributed by atoms with Gasteiger partial charge >= 0.3 is 5.97 Å². The second-order valence-corrected chi connectivity index (χ2v) is 8.72. The maximum Gasteiger partial charge on any atom is 0.307 e. The van der Waals surface area contributed by atoms with E-state index >= 15 is 0 Å². The highest BCUT2D eigenvalue weighted by Gasteiger charge is 2.57. The molecule has 6 heteroatoms. The molecule has 4 atom stereocenters. The summed E-state index contributed by atoms with van der Waals surface area (Å²) < 4.78 is 0. The number of rotatable bonds is 5. The van der Waals surface area contributed by atoms with Crippen molar-refractivity contribution in [3.8, 4) is 0 Å². The molecule has 0 unspecified atom stereocenters. The van der Waals surface area contributed by atoms with Crippen molar-refractivity contribution in [2.24, 2.45) is 29.6 Å². The number of carbonyl (C=O) groups is 3. The Balaban J connectivity index is 1.54. The van der Waals surface area contributed by atoms with Gasteiger partial charge < -0.3 is 5.11 Å². The summed E-state index contributed by atoms with van der Waals surface area (Å²) in [5, 5.41) is 9.67. The molecule has 0 aromatic carbocycles. The van der Waals surface area contributed by atoms with Crippen molar-refractivity contribution >= 4 is 17.8 Å². The summed E-state index contributed by atoms with van der Waals surface area (Å²) in [6, 6.07) is 0. The fourth-order valence-electron chi connectivity index (χ4n) is 5.69. The number of hydrogen-bond donors (Lipinski definition) is 3. The summed E-state index contributed by atoms with van der Waals surface area (Å²) in [6.45, 7) is 3.99. The third-order valence-electron chi connectivity index (χ3n) is 6.84. The minimum absolute atomic E-state index is 0.0137. The molecule has 3 saturated carbocycles. The number of hydrazine groups is 1. The average Bonchev–Trinajstić information content (AvgIpc) is 3.21. The van der Waals surface area contributed by atoms with Crippen LogP contribution in [0.4, 0.5) is 0 Å². The lowest BCUT2D eigenvalue weighted by molar-refractivity contribution is -0.149. The number of hydrogen-bond acceptors (Lipinski definition) is 3. The van der Waals surface area contributed by atoms with Crippen LogP contribution in [-0.4, -0.2) is 22.9 Å². The van der Waals surface area contributed by atoms with Crippen molar-refractivity contribution in [2.75, 3.05) is 0 Å². The van der Waals surface area contributed by atoms with Gasteiger partial charge in [0.25, 0.3) is 0 Å². The Morgan fingerprint density at radius 2 is 1.56 bits per heavy atom. The van der Waals surface area contributed by atoms with E-state index in [2.05, 4.69) is 10.9 Å². The number of allylic oxidation sites excluding steroid dienone is 2. The van der Waals surface area contributed by atoms with Crippen molar-refractivity contribution < 1.29 is 19.5 Å². The quantitative estimate of drug-likeness (QED) is 0.507. The Labute approximate surface area is 161 Å². The van der Waals surface area contributed by atoms with Gasteiger partial charge in [-0.15, -0.1) is 0 Å². The number of carboxylic acids is 1. The number of nitrogens with one attached hydrogen (secondary N) is 2. The minimum atomic E-state index is -0.912. The van der Waals surface area contributed by atoms with Gasteiger partial charge in [-0.05, 0) is 50.9 Å². The van der Waals surface area contributed by atoms with Crippen molar-refractivity contribution in [1.29, 1.82) is 0 Å². The van der Waals surface area contributed by atoms with Gasteiger partial charge in [-0.2, -0.15) is 0 Å². The van der Waals surface area contributed by atoms with E-state index in [0.717, 1.165) is 30.4 Å². The Hall–Kier alpha value is -1.85. The standard InChI is InChI=1S/C21H32N2O4/c1-12(2)17-14-9-10-15(17)19(21(26)27)18(14)20(25)23-22-16(24)11-8-13-6-4-3-5-7-13/h13-15,18-19H,3-11H2,1-2H3,(H,22,24)(H,23,25)(H,26,27)/t14-,15+,18-,19-/m1/s1. The fraction of sp³-hybridized carbons (Fsp3) is 0.762. The molecule has 2 amide bonds. The van der Waals surface area contributed by atoms with Crippen LogP contribution < -0.4 is 10.9 Å². The topological polar surface area (TPSA) is 95.5 Å². The maximum atomic E-state index is 12.7. The van der Waals surface area contributed by atoms with Gasteiger partial charge in [-0.3, -0.25) is 25.2 Å². The molecule has 3 aliphatic rings. The van der Waals surface area contributed by atoms with Crippen molar-refractivity contribution in [1.82, 2.24) is 10.9 Å². The van der Waals surface area contributed by atoms with Gasteiger partial charge in [0.1, 0.15) is 0 Å². The molecule has 2 bridgehead atoms. The Morgan fingerprint density at radius 3 is 2.15 bits per heavy atom. The van der Waals surface area contributed by atoms with E-state index in [1.807, 2.05) is 13.8 Å². The zero-order valence-corrected chi connectivity index (χ0v) is 16.4. The molecule has 0 spiro atoms. The summed E-state index contributed by atoms with van der Waals surface area (Å²) in [5.41, 5.74) is 7.30. The number of fused-ring (bicyclic) bond motifs is 2. The molecular weight excluding hydrogens is 344 g/mol. The molecule has 0 aliphatic heterocycles. The molecule has 27 heavy (non-hydrogen) atoms. The zero-order chi connectivity index (χ0) is 19.6. The maximum absolute atomic E-state index is 12.7. The monoisotopic (exact) mass is 376 g/mol. The Bertz CT molecular complexity index is 632. The lowest BCUT2D eigenvalue weighted by Gasteiger charge is -2.26. The average molecular weight is 376 g/mol. The first kappa shape index (κ1) is 19.9. The van der Waals surface area contributed by atoms with E-state index in [-0.39, 0.29) is 23.7 Å². The summed E-state index contributed by atoms with van der Waals surface area (Å²) in [4.78, 5) is 36.6. The second-order valence-electron chi connectivity index (χ2n) is 8.72. The SMILES string of the molecule is CC(C)=C1[C@H]2CC[C@@H]1[C@@H](C(=O)O)[C@@H]2C(=O)NNC(=O)CCC1CCCCC1. The van der Waals surface area contributed by atoms with Crippen molar-refractivity contribution in [3.05, 3.63) is 11.1 Å². The van der Waals surface area contributed by atoms with Crippen molar-refractivity contribution in [2.45, 2.75) is 71.6 Å². The van der Waals surface area contributed by atoms with Crippen LogP contribution in [0.2, 0.25) is 0 Å². The highest BCUT2D eigenvalue weighted by molar-refractivity contribution is 5.89. The molecule has 3 N–H and O–H groups in total. The molecule has 3 rings (SSSR count). The molecule has 0 aromatic rings. The lowest BCUT2D eigenvalue weighted by atomic mass is 9.79. The van der Waals surface area contributed by atoms with Crippen LogP contribution in [0.15, 0.2) is 11.1 Å². The fourth-order valence-corrected chi connectivity index (χ4v) is 5.69. The predicted molar refractivity (Wildman–Crippen MR) is 101 cm³/mol. The molecule has 3 fully saturated rings. The highest BCUT2D eigenvalue weighted by Crippen LogP contribution is 2.57. The number of carboxylic acid groups (broad SMARTS) is 1. The van der Waals surface area contributed by atoms with E-state index in [9.17, 15) is 19.5 Å². The first-order valence-corrected chi connectivity index (χ1v) is 10.4. The lowest BCUT2D eigenvalue weighted by Crippen LogP contribution is -2.48. The molecule has 3 aliphatic carbocycles. The largest absolute Gasteiger partial charge is 0.481 e. The van der Waals surface area contributed by atoms with Crippen LogP contribution in [0.3, 0.4) is 0 Å². The van der Waals surface area contributed by atoms with Crippen LogP contribution in [0.25, 0.3) is 0 Å². The van der Waals surface area contributed by atoms with Crippen LogP contribution in [0, 0.1) is 29.6 Å². The Kier molecular flexibility index (Phi) is 6.22. The van der Waals surface area contributed by atoms with Gasteiger partial charge in [0.05, 0.1) is 11.8 Å². The van der Waals surface area contributed by atoms with Gasteiger partial charge in [-0.1, -0.05) is 43.3 Å². The first-order valence-electron chi connectivity index (χ1n) is 10.4. The van der Waals surface area contributed by atoms with Crippen molar-refractivity contribution in [3.63, 3.8) is 0 Å². The minimum Gasteiger partial charge on any atom is -0.481 e. The molecule has 6 nitrogen and oxygen atoms in total. The smallest absolute Gasteiger partial charge is 0.307 e. The van der Waals surface area contributed by atoms with Crippen LogP contribution in [-0.2, 0) is 14.4 Å². The summed E-state index contributed by atoms with van der Waals surface area (Å²) in [6.07, 6.45) is 9.11. The normalized spacial score (nSPS) is 30.2. The van der Waals surface area contributed by atoms with Gasteiger partial charge in [0, 0.05) is 6.42 Å². The van der Waals surface area contributed by atoms with E-state index in [4.69, 9.17) is 0 Å². The number of amides is 2. The molecule has 150 valence electrons. The highest BCUT2D eigenvalue weighted by atomic mass is 16.4. The summed E-state index contributed by atoms with van der Waals surface area (Å²) in [7, 11) is 0. The third kappa shape index (κ3) is 4.19.